The van der Waals surface area contributed by atoms with Gasteiger partial charge in [-0.25, -0.2) is 9.37 Å². The Morgan fingerprint density at radius 3 is 2.62 bits per heavy atom. The molecule has 2 aromatic rings. The molecule has 4 N–H and O–H groups in total. The van der Waals surface area contributed by atoms with Crippen molar-refractivity contribution < 1.29 is 18.3 Å². The molecule has 1 aromatic heterocycles. The first-order valence-electron chi connectivity index (χ1n) is 11.7. The Kier molecular flexibility index (Phi) is 5.03. The van der Waals surface area contributed by atoms with Crippen molar-refractivity contribution in [3.8, 4) is 0 Å². The Morgan fingerprint density at radius 2 is 1.94 bits per heavy atom. The van der Waals surface area contributed by atoms with Gasteiger partial charge in [0.1, 0.15) is 11.6 Å². The van der Waals surface area contributed by atoms with Crippen molar-refractivity contribution in [2.75, 3.05) is 52.4 Å². The second-order valence-corrected chi connectivity index (χ2v) is 12.3. The maximum atomic E-state index is 14.1. The molecule has 1 atom stereocenters. The highest BCUT2D eigenvalue weighted by atomic mass is 32.3. The smallest absolute Gasteiger partial charge is 0.238 e. The average Bonchev–Trinajstić information content (AvgIpc) is 3.45. The number of nitrogens with two attached hydrogens (primary N) is 1. The topological polar surface area (TPSA) is 119 Å². The molecule has 6 rings (SSSR count). The molecule has 34 heavy (non-hydrogen) atoms. The van der Waals surface area contributed by atoms with Gasteiger partial charge in [-0.05, 0) is 37.0 Å². The van der Waals surface area contributed by atoms with Gasteiger partial charge >= 0.3 is 0 Å². The van der Waals surface area contributed by atoms with Crippen LogP contribution in [0.15, 0.2) is 24.4 Å². The van der Waals surface area contributed by atoms with Gasteiger partial charge in [-0.1, -0.05) is 6.07 Å². The first-order valence-corrected chi connectivity index (χ1v) is 13.6. The lowest BCUT2D eigenvalue weighted by Gasteiger charge is -2.42. The van der Waals surface area contributed by atoms with Crippen LogP contribution in [-0.2, 0) is 16.8 Å². The van der Waals surface area contributed by atoms with E-state index in [4.69, 9.17) is 10.7 Å². The molecule has 4 heterocycles. The van der Waals surface area contributed by atoms with Crippen LogP contribution in [0, 0.1) is 5.82 Å². The number of hydrogen-bond donors (Lipinski definition) is 3. The van der Waals surface area contributed by atoms with Crippen molar-refractivity contribution in [2.45, 2.75) is 37.3 Å². The fraction of sp³-hybridized carbons (Fsp3) is 0.522. The van der Waals surface area contributed by atoms with E-state index in [1.165, 1.54) is 12.1 Å². The maximum absolute atomic E-state index is 14.1. The SMILES string of the molecule is NC1CCN(c2ncc(CN3C(=O)C4(CC4)c4ccc(F)cc43)c(N3CCS(O)(O)CC3)n2)C1. The van der Waals surface area contributed by atoms with Crippen LogP contribution in [0.5, 0.6) is 0 Å². The summed E-state index contributed by atoms with van der Waals surface area (Å²) >= 11 is 0. The minimum absolute atomic E-state index is 0.00136. The Labute approximate surface area is 199 Å². The molecule has 2 saturated heterocycles. The fourth-order valence-electron chi connectivity index (χ4n) is 5.39. The van der Waals surface area contributed by atoms with Gasteiger partial charge in [0.2, 0.25) is 11.9 Å². The highest BCUT2D eigenvalue weighted by molar-refractivity contribution is 8.24. The summed E-state index contributed by atoms with van der Waals surface area (Å²) in [6.45, 7) is 2.60. The Hall–Kier alpha value is -2.47. The standard InChI is InChI=1S/C23H29FN6O3S/c24-16-1-2-18-19(11-16)30(21(31)23(18)4-5-23)13-15-12-26-22(29-6-3-17(25)14-29)27-20(15)28-7-9-34(32,33)10-8-28/h1-2,11-12,17,32-33H,3-10,13-14,25H2. The molecule has 1 amide bonds. The molecule has 11 heteroatoms. The second-order valence-electron chi connectivity index (χ2n) is 9.85. The number of anilines is 3. The van der Waals surface area contributed by atoms with Gasteiger partial charge in [-0.3, -0.25) is 13.9 Å². The van der Waals surface area contributed by atoms with Gasteiger partial charge in [0, 0.05) is 44.0 Å². The van der Waals surface area contributed by atoms with Crippen molar-refractivity contribution in [2.24, 2.45) is 5.73 Å². The number of fused-ring (bicyclic) bond motifs is 2. The molecular formula is C23H29FN6O3S. The van der Waals surface area contributed by atoms with E-state index in [1.54, 1.807) is 17.2 Å². The van der Waals surface area contributed by atoms with Gasteiger partial charge in [-0.2, -0.15) is 15.6 Å². The highest BCUT2D eigenvalue weighted by Crippen LogP contribution is 2.57. The van der Waals surface area contributed by atoms with E-state index >= 15 is 0 Å². The Balaban J connectivity index is 1.36. The van der Waals surface area contributed by atoms with Gasteiger partial charge in [-0.15, -0.1) is 0 Å². The summed E-state index contributed by atoms with van der Waals surface area (Å²) in [5.74, 6) is 1.46. The van der Waals surface area contributed by atoms with E-state index in [0.717, 1.165) is 36.9 Å². The maximum Gasteiger partial charge on any atom is 0.238 e. The van der Waals surface area contributed by atoms with Crippen LogP contribution >= 0.6 is 10.6 Å². The number of rotatable bonds is 4. The normalized spacial score (nSPS) is 25.7. The van der Waals surface area contributed by atoms with E-state index in [1.807, 2.05) is 4.90 Å². The van der Waals surface area contributed by atoms with Crippen LogP contribution in [-0.4, -0.2) is 68.7 Å². The summed E-state index contributed by atoms with van der Waals surface area (Å²) in [6, 6.07) is 4.68. The van der Waals surface area contributed by atoms with Crippen LogP contribution in [0.25, 0.3) is 0 Å². The molecular weight excluding hydrogens is 459 g/mol. The molecule has 0 radical (unpaired) electrons. The molecule has 3 fully saturated rings. The Bertz CT molecular complexity index is 1150. The number of aromatic nitrogens is 2. The number of nitrogens with zero attached hydrogens (tertiary/aromatic N) is 5. The molecule has 0 bridgehead atoms. The van der Waals surface area contributed by atoms with E-state index in [-0.39, 0.29) is 35.8 Å². The molecule has 1 aromatic carbocycles. The summed E-state index contributed by atoms with van der Waals surface area (Å²) in [7, 11) is -2.57. The van der Waals surface area contributed by atoms with Crippen LogP contribution in [0.4, 0.5) is 21.8 Å². The zero-order valence-corrected chi connectivity index (χ0v) is 19.7. The van der Waals surface area contributed by atoms with Crippen LogP contribution in [0.2, 0.25) is 0 Å². The van der Waals surface area contributed by atoms with E-state index in [0.29, 0.717) is 37.1 Å². The van der Waals surface area contributed by atoms with Gasteiger partial charge in [0.05, 0.1) is 29.2 Å². The predicted octanol–water partition coefficient (Wildman–Crippen LogP) is 2.30. The van der Waals surface area contributed by atoms with E-state index in [9.17, 15) is 18.3 Å². The summed E-state index contributed by atoms with van der Waals surface area (Å²) in [5.41, 5.74) is 7.84. The number of benzene rings is 1. The number of halogens is 1. The molecule has 182 valence electrons. The van der Waals surface area contributed by atoms with Crippen molar-refractivity contribution >= 4 is 34.0 Å². The minimum atomic E-state index is -2.57. The third-order valence-electron chi connectivity index (χ3n) is 7.51. The zero-order valence-electron chi connectivity index (χ0n) is 18.9. The molecule has 1 spiro atoms. The van der Waals surface area contributed by atoms with Crippen molar-refractivity contribution in [3.05, 3.63) is 41.3 Å². The fourth-order valence-corrected chi connectivity index (χ4v) is 6.61. The summed E-state index contributed by atoms with van der Waals surface area (Å²) in [6.07, 6.45) is 4.18. The summed E-state index contributed by atoms with van der Waals surface area (Å²) < 4.78 is 34.3. The Morgan fingerprint density at radius 1 is 1.18 bits per heavy atom. The largest absolute Gasteiger partial charge is 0.353 e. The van der Waals surface area contributed by atoms with Gasteiger partial charge < -0.3 is 20.4 Å². The van der Waals surface area contributed by atoms with Crippen LogP contribution in [0.1, 0.15) is 30.4 Å². The molecule has 9 nitrogen and oxygen atoms in total. The van der Waals surface area contributed by atoms with Crippen LogP contribution in [0.3, 0.4) is 0 Å². The molecule has 3 aliphatic heterocycles. The minimum Gasteiger partial charge on any atom is -0.353 e. The highest BCUT2D eigenvalue weighted by Gasteiger charge is 2.59. The number of carbonyl (C=O) groups is 1. The van der Waals surface area contributed by atoms with Crippen molar-refractivity contribution in [1.82, 2.24) is 9.97 Å². The average molecular weight is 489 g/mol. The molecule has 1 saturated carbocycles. The summed E-state index contributed by atoms with van der Waals surface area (Å²) in [5, 5.41) is 0. The first-order chi connectivity index (χ1) is 16.3. The lowest BCUT2D eigenvalue weighted by Crippen LogP contribution is -2.40. The second kappa shape index (κ2) is 7.77. The third-order valence-corrected chi connectivity index (χ3v) is 9.18. The quantitative estimate of drug-likeness (QED) is 0.600. The first kappa shape index (κ1) is 22.0. The predicted molar refractivity (Wildman–Crippen MR) is 130 cm³/mol. The van der Waals surface area contributed by atoms with Crippen molar-refractivity contribution in [3.63, 3.8) is 0 Å². The van der Waals surface area contributed by atoms with E-state index in [2.05, 4.69) is 9.88 Å². The van der Waals surface area contributed by atoms with E-state index < -0.39 is 16.0 Å². The lowest BCUT2D eigenvalue weighted by molar-refractivity contribution is -0.120. The zero-order chi connectivity index (χ0) is 23.7. The van der Waals surface area contributed by atoms with Gasteiger partial charge in [0.25, 0.3) is 0 Å². The molecule has 1 aliphatic carbocycles. The van der Waals surface area contributed by atoms with Gasteiger partial charge in [0.15, 0.2) is 0 Å². The number of carbonyl (C=O) groups excluding carboxylic acids is 1. The molecule has 1 unspecified atom stereocenters. The lowest BCUT2D eigenvalue weighted by atomic mass is 9.98. The summed E-state index contributed by atoms with van der Waals surface area (Å²) in [4.78, 5) is 28.6. The van der Waals surface area contributed by atoms with Crippen LogP contribution < -0.4 is 20.4 Å². The third kappa shape index (κ3) is 3.62. The monoisotopic (exact) mass is 488 g/mol. The number of amides is 1. The molecule has 4 aliphatic rings. The van der Waals surface area contributed by atoms with Crippen molar-refractivity contribution in [1.29, 1.82) is 0 Å². The number of hydrogen-bond acceptors (Lipinski definition) is 8.